The van der Waals surface area contributed by atoms with Gasteiger partial charge in [-0.1, -0.05) is 35.7 Å². The van der Waals surface area contributed by atoms with E-state index < -0.39 is 0 Å². The summed E-state index contributed by atoms with van der Waals surface area (Å²) in [6.07, 6.45) is 5.36. The molecule has 2 rings (SSSR count). The molecule has 1 aliphatic rings. The Morgan fingerprint density at radius 2 is 1.84 bits per heavy atom. The molecule has 0 atom stereocenters. The summed E-state index contributed by atoms with van der Waals surface area (Å²) in [4.78, 5) is 2.57. The van der Waals surface area contributed by atoms with Crippen molar-refractivity contribution in [2.24, 2.45) is 0 Å². The van der Waals surface area contributed by atoms with Crippen LogP contribution in [0.1, 0.15) is 31.2 Å². The number of likely N-dealkylation sites (tertiary alicyclic amines) is 1. The molecule has 1 N–H and O–H groups in total. The molecule has 0 bridgehead atoms. The standard InChI is InChI=1S/C15H22Cl2N2/c16-14-6-5-13(11-15(14)17)12-18-7-4-10-19-8-2-1-3-9-19/h5-6,11,18H,1-4,7-10,12H2. The smallest absolute Gasteiger partial charge is 0.0595 e. The van der Waals surface area contributed by atoms with E-state index in [4.69, 9.17) is 23.2 Å². The molecule has 1 aliphatic heterocycles. The summed E-state index contributed by atoms with van der Waals surface area (Å²) < 4.78 is 0. The molecule has 1 fully saturated rings. The molecule has 1 aromatic rings. The van der Waals surface area contributed by atoms with Crippen molar-refractivity contribution < 1.29 is 0 Å². The van der Waals surface area contributed by atoms with Crippen LogP contribution in [0.5, 0.6) is 0 Å². The van der Waals surface area contributed by atoms with Crippen molar-refractivity contribution in [3.8, 4) is 0 Å². The Morgan fingerprint density at radius 1 is 1.05 bits per heavy atom. The highest BCUT2D eigenvalue weighted by Crippen LogP contribution is 2.22. The lowest BCUT2D eigenvalue weighted by atomic mass is 10.1. The number of nitrogens with zero attached hydrogens (tertiary/aromatic N) is 1. The van der Waals surface area contributed by atoms with Gasteiger partial charge in [-0.15, -0.1) is 0 Å². The first kappa shape index (κ1) is 15.1. The predicted octanol–water partition coefficient (Wildman–Crippen LogP) is 3.96. The van der Waals surface area contributed by atoms with E-state index in [1.165, 1.54) is 50.9 Å². The van der Waals surface area contributed by atoms with Crippen LogP contribution in [0.4, 0.5) is 0 Å². The van der Waals surface area contributed by atoms with Crippen LogP contribution < -0.4 is 5.32 Å². The fourth-order valence-corrected chi connectivity index (χ4v) is 2.81. The monoisotopic (exact) mass is 300 g/mol. The van der Waals surface area contributed by atoms with Gasteiger partial charge >= 0.3 is 0 Å². The second-order valence-electron chi connectivity index (χ2n) is 5.18. The summed E-state index contributed by atoms with van der Waals surface area (Å²) >= 11 is 11.9. The number of hydrogen-bond donors (Lipinski definition) is 1. The summed E-state index contributed by atoms with van der Waals surface area (Å²) in [6, 6.07) is 5.81. The lowest BCUT2D eigenvalue weighted by Crippen LogP contribution is -2.32. The van der Waals surface area contributed by atoms with E-state index in [9.17, 15) is 0 Å². The Hall–Kier alpha value is -0.280. The SMILES string of the molecule is Clc1ccc(CNCCCN2CCCCC2)cc1Cl. The van der Waals surface area contributed by atoms with Crippen LogP contribution in [0.25, 0.3) is 0 Å². The molecule has 0 radical (unpaired) electrons. The van der Waals surface area contributed by atoms with Crippen LogP contribution in [0.2, 0.25) is 10.0 Å². The fourth-order valence-electron chi connectivity index (χ4n) is 2.49. The van der Waals surface area contributed by atoms with Crippen molar-refractivity contribution in [1.29, 1.82) is 0 Å². The van der Waals surface area contributed by atoms with Gasteiger partial charge in [0.15, 0.2) is 0 Å². The van der Waals surface area contributed by atoms with Gasteiger partial charge in [0, 0.05) is 6.54 Å². The third-order valence-electron chi connectivity index (χ3n) is 3.59. The van der Waals surface area contributed by atoms with Crippen molar-refractivity contribution in [2.45, 2.75) is 32.2 Å². The molecule has 0 unspecified atom stereocenters. The van der Waals surface area contributed by atoms with Crippen LogP contribution in [-0.4, -0.2) is 31.1 Å². The molecule has 0 amide bonds. The Bertz CT molecular complexity index is 390. The Morgan fingerprint density at radius 3 is 2.58 bits per heavy atom. The third kappa shape index (κ3) is 5.31. The van der Waals surface area contributed by atoms with Crippen molar-refractivity contribution >= 4 is 23.2 Å². The predicted molar refractivity (Wildman–Crippen MR) is 83.1 cm³/mol. The van der Waals surface area contributed by atoms with E-state index in [-0.39, 0.29) is 0 Å². The molecule has 4 heteroatoms. The maximum atomic E-state index is 5.99. The average molecular weight is 301 g/mol. The first-order valence-electron chi connectivity index (χ1n) is 7.13. The van der Waals surface area contributed by atoms with Gasteiger partial charge in [-0.25, -0.2) is 0 Å². The van der Waals surface area contributed by atoms with E-state index >= 15 is 0 Å². The van der Waals surface area contributed by atoms with Gasteiger partial charge in [-0.2, -0.15) is 0 Å². The Kier molecular flexibility index (Phi) is 6.45. The molecule has 0 saturated carbocycles. The maximum absolute atomic E-state index is 5.99. The van der Waals surface area contributed by atoms with E-state index in [1.54, 1.807) is 0 Å². The van der Waals surface area contributed by atoms with Gasteiger partial charge in [0.1, 0.15) is 0 Å². The molecule has 2 nitrogen and oxygen atoms in total. The molecule has 0 aliphatic carbocycles. The highest BCUT2D eigenvalue weighted by Gasteiger charge is 2.08. The van der Waals surface area contributed by atoms with Crippen molar-refractivity contribution in [3.63, 3.8) is 0 Å². The number of halogens is 2. The number of benzene rings is 1. The van der Waals surface area contributed by atoms with Crippen molar-refractivity contribution in [2.75, 3.05) is 26.2 Å². The highest BCUT2D eigenvalue weighted by atomic mass is 35.5. The lowest BCUT2D eigenvalue weighted by Gasteiger charge is -2.26. The van der Waals surface area contributed by atoms with Gasteiger partial charge in [0.2, 0.25) is 0 Å². The topological polar surface area (TPSA) is 15.3 Å². The third-order valence-corrected chi connectivity index (χ3v) is 4.33. The number of nitrogens with one attached hydrogen (secondary N) is 1. The highest BCUT2D eigenvalue weighted by molar-refractivity contribution is 6.42. The van der Waals surface area contributed by atoms with Crippen LogP contribution in [0, 0.1) is 0 Å². The van der Waals surface area contributed by atoms with Gasteiger partial charge in [-0.3, -0.25) is 0 Å². The lowest BCUT2D eigenvalue weighted by molar-refractivity contribution is 0.225. The second-order valence-corrected chi connectivity index (χ2v) is 6.00. The van der Waals surface area contributed by atoms with Gasteiger partial charge < -0.3 is 10.2 Å². The Labute approximate surface area is 126 Å². The summed E-state index contributed by atoms with van der Waals surface area (Å²) in [5, 5.41) is 4.71. The number of hydrogen-bond acceptors (Lipinski definition) is 2. The van der Waals surface area contributed by atoms with E-state index in [1.807, 2.05) is 18.2 Å². The van der Waals surface area contributed by atoms with E-state index in [0.29, 0.717) is 10.0 Å². The molecule has 19 heavy (non-hydrogen) atoms. The number of rotatable bonds is 6. The van der Waals surface area contributed by atoms with Crippen LogP contribution in [0.3, 0.4) is 0 Å². The van der Waals surface area contributed by atoms with Crippen LogP contribution in [0.15, 0.2) is 18.2 Å². The van der Waals surface area contributed by atoms with Crippen molar-refractivity contribution in [1.82, 2.24) is 10.2 Å². The molecular formula is C15H22Cl2N2. The molecule has 1 saturated heterocycles. The molecule has 0 aromatic heterocycles. The minimum absolute atomic E-state index is 0.621. The fraction of sp³-hybridized carbons (Fsp3) is 0.600. The number of piperidine rings is 1. The summed E-state index contributed by atoms with van der Waals surface area (Å²) in [5.74, 6) is 0. The second kappa shape index (κ2) is 8.11. The summed E-state index contributed by atoms with van der Waals surface area (Å²) in [6.45, 7) is 5.70. The normalized spacial score (nSPS) is 16.7. The van der Waals surface area contributed by atoms with Crippen LogP contribution in [-0.2, 0) is 6.54 Å². The maximum Gasteiger partial charge on any atom is 0.0595 e. The molecule has 1 heterocycles. The zero-order chi connectivity index (χ0) is 13.5. The first-order valence-corrected chi connectivity index (χ1v) is 7.88. The molecular weight excluding hydrogens is 279 g/mol. The first-order chi connectivity index (χ1) is 9.25. The Balaban J connectivity index is 1.59. The van der Waals surface area contributed by atoms with Crippen LogP contribution >= 0.6 is 23.2 Å². The van der Waals surface area contributed by atoms with Crippen molar-refractivity contribution in [3.05, 3.63) is 33.8 Å². The van der Waals surface area contributed by atoms with Gasteiger partial charge in [0.25, 0.3) is 0 Å². The largest absolute Gasteiger partial charge is 0.313 e. The zero-order valence-corrected chi connectivity index (χ0v) is 12.8. The average Bonchev–Trinajstić information content (AvgIpc) is 2.43. The van der Waals surface area contributed by atoms with E-state index in [2.05, 4.69) is 10.2 Å². The minimum atomic E-state index is 0.621. The molecule has 1 aromatic carbocycles. The van der Waals surface area contributed by atoms with Gasteiger partial charge in [-0.05, 0) is 63.1 Å². The molecule has 106 valence electrons. The van der Waals surface area contributed by atoms with E-state index in [0.717, 1.165) is 13.1 Å². The van der Waals surface area contributed by atoms with Gasteiger partial charge in [0.05, 0.1) is 10.0 Å². The summed E-state index contributed by atoms with van der Waals surface area (Å²) in [7, 11) is 0. The zero-order valence-electron chi connectivity index (χ0n) is 11.3. The quantitative estimate of drug-likeness (QED) is 0.800. The minimum Gasteiger partial charge on any atom is -0.313 e. The molecule has 0 spiro atoms. The summed E-state index contributed by atoms with van der Waals surface area (Å²) in [5.41, 5.74) is 1.19.